The third-order valence-electron chi connectivity index (χ3n) is 2.51. The second-order valence-corrected chi connectivity index (χ2v) is 4.62. The van der Waals surface area contributed by atoms with Crippen LogP contribution >= 0.6 is 0 Å². The van der Waals surface area contributed by atoms with Crippen molar-refractivity contribution in [3.05, 3.63) is 54.1 Å². The highest BCUT2D eigenvalue weighted by molar-refractivity contribution is 5.15. The zero-order chi connectivity index (χ0) is 11.4. The van der Waals surface area contributed by atoms with Crippen LogP contribution < -0.4 is 0 Å². The Labute approximate surface area is 97.0 Å². The van der Waals surface area contributed by atoms with Crippen molar-refractivity contribution in [2.45, 2.75) is 26.8 Å². The van der Waals surface area contributed by atoms with Crippen molar-refractivity contribution in [2.24, 2.45) is 5.92 Å². The molecule has 16 heavy (non-hydrogen) atoms. The first kappa shape index (κ1) is 10.9. The Morgan fingerprint density at radius 3 is 2.62 bits per heavy atom. The van der Waals surface area contributed by atoms with Crippen LogP contribution in [0.1, 0.15) is 25.1 Å². The SMILES string of the molecule is CC(C)Cc1cn(Cc2ccccc2)cn1. The highest BCUT2D eigenvalue weighted by Crippen LogP contribution is 2.07. The van der Waals surface area contributed by atoms with Gasteiger partial charge in [-0.3, -0.25) is 0 Å². The summed E-state index contributed by atoms with van der Waals surface area (Å²) in [5.41, 5.74) is 2.50. The van der Waals surface area contributed by atoms with E-state index in [0.29, 0.717) is 5.92 Å². The van der Waals surface area contributed by atoms with Crippen molar-refractivity contribution >= 4 is 0 Å². The van der Waals surface area contributed by atoms with Gasteiger partial charge in [-0.05, 0) is 17.9 Å². The zero-order valence-corrected chi connectivity index (χ0v) is 9.93. The Morgan fingerprint density at radius 2 is 1.94 bits per heavy atom. The highest BCUT2D eigenvalue weighted by atomic mass is 15.0. The van der Waals surface area contributed by atoms with E-state index in [9.17, 15) is 0 Å². The van der Waals surface area contributed by atoms with Crippen molar-refractivity contribution in [1.29, 1.82) is 0 Å². The standard InChI is InChI=1S/C14H18N2/c1-12(2)8-14-10-16(11-15-14)9-13-6-4-3-5-7-13/h3-7,10-12H,8-9H2,1-2H3. The summed E-state index contributed by atoms with van der Waals surface area (Å²) < 4.78 is 2.15. The van der Waals surface area contributed by atoms with E-state index in [-0.39, 0.29) is 0 Å². The summed E-state index contributed by atoms with van der Waals surface area (Å²) >= 11 is 0. The Morgan fingerprint density at radius 1 is 1.19 bits per heavy atom. The van der Waals surface area contributed by atoms with E-state index in [1.54, 1.807) is 0 Å². The van der Waals surface area contributed by atoms with Crippen LogP contribution in [0.5, 0.6) is 0 Å². The molecule has 0 N–H and O–H groups in total. The monoisotopic (exact) mass is 214 g/mol. The summed E-state index contributed by atoms with van der Waals surface area (Å²) in [5.74, 6) is 0.667. The topological polar surface area (TPSA) is 17.8 Å². The first-order chi connectivity index (χ1) is 7.74. The Balaban J connectivity index is 2.03. The number of rotatable bonds is 4. The van der Waals surface area contributed by atoms with E-state index in [4.69, 9.17) is 0 Å². The van der Waals surface area contributed by atoms with E-state index in [1.807, 2.05) is 12.4 Å². The Kier molecular flexibility index (Phi) is 3.40. The van der Waals surface area contributed by atoms with Crippen LogP contribution in [0.2, 0.25) is 0 Å². The van der Waals surface area contributed by atoms with Crippen LogP contribution in [0.25, 0.3) is 0 Å². The van der Waals surface area contributed by atoms with E-state index < -0.39 is 0 Å². The maximum Gasteiger partial charge on any atom is 0.0952 e. The van der Waals surface area contributed by atoms with Crippen LogP contribution in [-0.4, -0.2) is 9.55 Å². The molecule has 0 amide bonds. The number of hydrogen-bond acceptors (Lipinski definition) is 1. The van der Waals surface area contributed by atoms with E-state index >= 15 is 0 Å². The first-order valence-corrected chi connectivity index (χ1v) is 5.78. The quantitative estimate of drug-likeness (QED) is 0.764. The normalized spacial score (nSPS) is 10.9. The first-order valence-electron chi connectivity index (χ1n) is 5.78. The van der Waals surface area contributed by atoms with Gasteiger partial charge in [-0.15, -0.1) is 0 Å². The minimum Gasteiger partial charge on any atom is -0.333 e. The van der Waals surface area contributed by atoms with Gasteiger partial charge in [0, 0.05) is 12.7 Å². The number of aromatic nitrogens is 2. The summed E-state index contributed by atoms with van der Waals surface area (Å²) in [7, 11) is 0. The molecule has 0 saturated heterocycles. The molecular formula is C14H18N2. The molecule has 0 atom stereocenters. The van der Waals surface area contributed by atoms with Crippen molar-refractivity contribution in [3.8, 4) is 0 Å². The lowest BCUT2D eigenvalue weighted by Crippen LogP contribution is -1.96. The largest absolute Gasteiger partial charge is 0.333 e. The van der Waals surface area contributed by atoms with Gasteiger partial charge >= 0.3 is 0 Å². The van der Waals surface area contributed by atoms with E-state index in [2.05, 4.69) is 53.9 Å². The fraction of sp³-hybridized carbons (Fsp3) is 0.357. The summed E-state index contributed by atoms with van der Waals surface area (Å²) in [6.45, 7) is 5.35. The molecule has 84 valence electrons. The predicted molar refractivity (Wildman–Crippen MR) is 66.3 cm³/mol. The van der Waals surface area contributed by atoms with Crippen molar-refractivity contribution < 1.29 is 0 Å². The third-order valence-corrected chi connectivity index (χ3v) is 2.51. The molecule has 0 aliphatic carbocycles. The molecule has 2 rings (SSSR count). The smallest absolute Gasteiger partial charge is 0.0952 e. The van der Waals surface area contributed by atoms with E-state index in [0.717, 1.165) is 13.0 Å². The molecule has 0 aliphatic rings. The van der Waals surface area contributed by atoms with Crippen LogP contribution in [0.3, 0.4) is 0 Å². The van der Waals surface area contributed by atoms with Crippen LogP contribution in [-0.2, 0) is 13.0 Å². The van der Waals surface area contributed by atoms with Gasteiger partial charge in [0.2, 0.25) is 0 Å². The molecule has 0 saturated carbocycles. The van der Waals surface area contributed by atoms with Gasteiger partial charge in [0.25, 0.3) is 0 Å². The molecule has 1 aromatic heterocycles. The molecule has 2 heteroatoms. The number of benzene rings is 1. The summed E-state index contributed by atoms with van der Waals surface area (Å²) in [6.07, 6.45) is 5.12. The molecule has 0 fully saturated rings. The fourth-order valence-corrected chi connectivity index (χ4v) is 1.81. The van der Waals surface area contributed by atoms with Gasteiger partial charge < -0.3 is 4.57 Å². The zero-order valence-electron chi connectivity index (χ0n) is 9.93. The molecular weight excluding hydrogens is 196 g/mol. The average Bonchev–Trinajstić information content (AvgIpc) is 2.66. The van der Waals surface area contributed by atoms with Crippen molar-refractivity contribution in [3.63, 3.8) is 0 Å². The van der Waals surface area contributed by atoms with Crippen molar-refractivity contribution in [2.75, 3.05) is 0 Å². The molecule has 0 aliphatic heterocycles. The van der Waals surface area contributed by atoms with Gasteiger partial charge in [-0.2, -0.15) is 0 Å². The van der Waals surface area contributed by atoms with Gasteiger partial charge in [-0.1, -0.05) is 44.2 Å². The Hall–Kier alpha value is -1.57. The number of imidazole rings is 1. The van der Waals surface area contributed by atoms with E-state index in [1.165, 1.54) is 11.3 Å². The highest BCUT2D eigenvalue weighted by Gasteiger charge is 2.02. The maximum absolute atomic E-state index is 4.42. The summed E-state index contributed by atoms with van der Waals surface area (Å²) in [6, 6.07) is 10.5. The third kappa shape index (κ3) is 2.96. The second-order valence-electron chi connectivity index (χ2n) is 4.62. The van der Waals surface area contributed by atoms with Gasteiger partial charge in [0.15, 0.2) is 0 Å². The molecule has 0 bridgehead atoms. The van der Waals surface area contributed by atoms with Gasteiger partial charge in [-0.25, -0.2) is 4.98 Å². The molecule has 2 aromatic rings. The summed E-state index contributed by atoms with van der Waals surface area (Å²) in [4.78, 5) is 4.42. The average molecular weight is 214 g/mol. The number of hydrogen-bond donors (Lipinski definition) is 0. The van der Waals surface area contributed by atoms with Crippen LogP contribution in [0.4, 0.5) is 0 Å². The minimum absolute atomic E-state index is 0.667. The molecule has 2 nitrogen and oxygen atoms in total. The molecule has 0 unspecified atom stereocenters. The minimum atomic E-state index is 0.667. The van der Waals surface area contributed by atoms with Crippen molar-refractivity contribution in [1.82, 2.24) is 9.55 Å². The van der Waals surface area contributed by atoms with Crippen LogP contribution in [0, 0.1) is 5.92 Å². The van der Waals surface area contributed by atoms with Crippen LogP contribution in [0.15, 0.2) is 42.9 Å². The second kappa shape index (κ2) is 4.97. The maximum atomic E-state index is 4.42. The molecule has 1 aromatic carbocycles. The fourth-order valence-electron chi connectivity index (χ4n) is 1.81. The van der Waals surface area contributed by atoms with Gasteiger partial charge in [0.05, 0.1) is 12.0 Å². The molecule has 0 radical (unpaired) electrons. The lowest BCUT2D eigenvalue weighted by molar-refractivity contribution is 0.636. The number of nitrogens with zero attached hydrogens (tertiary/aromatic N) is 2. The predicted octanol–water partition coefficient (Wildman–Crippen LogP) is 3.13. The lowest BCUT2D eigenvalue weighted by Gasteiger charge is -2.02. The van der Waals surface area contributed by atoms with Gasteiger partial charge in [0.1, 0.15) is 0 Å². The lowest BCUT2D eigenvalue weighted by atomic mass is 10.1. The molecule has 1 heterocycles. The summed E-state index contributed by atoms with van der Waals surface area (Å²) in [5, 5.41) is 0. The molecule has 0 spiro atoms. The Bertz CT molecular complexity index is 429.